The van der Waals surface area contributed by atoms with Gasteiger partial charge in [0.05, 0.1) is 22.2 Å². The molecule has 0 saturated carbocycles. The molecule has 0 amide bonds. The van der Waals surface area contributed by atoms with Crippen LogP contribution in [0.4, 0.5) is 0 Å². The number of aromatic hydroxyl groups is 1. The minimum atomic E-state index is 0.165. The third-order valence-electron chi connectivity index (χ3n) is 5.06. The first kappa shape index (κ1) is 18.2. The number of aryl methyl sites for hydroxylation is 2. The summed E-state index contributed by atoms with van der Waals surface area (Å²) in [4.78, 5) is 16.2. The van der Waals surface area contributed by atoms with E-state index in [4.69, 9.17) is 6.42 Å². The topological polar surface area (TPSA) is 98.5 Å². The molecule has 0 bridgehead atoms. The van der Waals surface area contributed by atoms with Crippen LogP contribution in [-0.2, 0) is 0 Å². The predicted octanol–water partition coefficient (Wildman–Crippen LogP) is 4.17. The molecular weight excluding hydrogens is 362 g/mol. The lowest BCUT2D eigenvalue weighted by Crippen LogP contribution is -1.95. The Morgan fingerprint density at radius 3 is 2.41 bits per heavy atom. The molecule has 3 aromatic heterocycles. The lowest BCUT2D eigenvalue weighted by molar-refractivity contribution is 0.471. The van der Waals surface area contributed by atoms with Crippen LogP contribution in [0.15, 0.2) is 30.7 Å². The number of H-pyrrole nitrogens is 1. The predicted molar refractivity (Wildman–Crippen MR) is 111 cm³/mol. The Balaban J connectivity index is 2.08. The third-order valence-corrected chi connectivity index (χ3v) is 5.06. The summed E-state index contributed by atoms with van der Waals surface area (Å²) in [6.07, 6.45) is 10.8. The molecule has 4 rings (SSSR count). The molecule has 3 heterocycles. The molecule has 4 aromatic rings. The van der Waals surface area contributed by atoms with Crippen LogP contribution < -0.4 is 0 Å². The Labute approximate surface area is 167 Å². The molecule has 2 N–H and O–H groups in total. The van der Waals surface area contributed by atoms with Crippen molar-refractivity contribution < 1.29 is 5.11 Å². The zero-order valence-corrected chi connectivity index (χ0v) is 16.2. The fourth-order valence-corrected chi connectivity index (χ4v) is 3.59. The Kier molecular flexibility index (Phi) is 4.26. The van der Waals surface area contributed by atoms with E-state index in [0.29, 0.717) is 44.8 Å². The summed E-state index contributed by atoms with van der Waals surface area (Å²) in [5.74, 6) is 3.52. The molecule has 6 nitrogen and oxygen atoms in total. The second-order valence-electron chi connectivity index (χ2n) is 6.82. The van der Waals surface area contributed by atoms with Crippen molar-refractivity contribution in [1.82, 2.24) is 19.9 Å². The van der Waals surface area contributed by atoms with Gasteiger partial charge in [-0.1, -0.05) is 12.0 Å². The number of nitrogens with zero attached hydrogens (tertiary/aromatic N) is 4. The van der Waals surface area contributed by atoms with E-state index in [0.717, 1.165) is 16.7 Å². The van der Waals surface area contributed by atoms with E-state index in [9.17, 15) is 10.4 Å². The van der Waals surface area contributed by atoms with Gasteiger partial charge in [0.2, 0.25) is 0 Å². The molecular formula is C23H17N5O. The molecule has 140 valence electrons. The number of aromatic nitrogens is 4. The number of terminal acetylenes is 1. The first-order valence-corrected chi connectivity index (χ1v) is 8.96. The van der Waals surface area contributed by atoms with Gasteiger partial charge >= 0.3 is 0 Å². The van der Waals surface area contributed by atoms with E-state index in [1.807, 2.05) is 19.9 Å². The summed E-state index contributed by atoms with van der Waals surface area (Å²) in [6, 6.07) is 5.75. The number of rotatable bonds is 2. The standard InChI is InChI=1S/C23H17N5O/c1-5-16-21-17(8-24)18(20-12(2)6-7-19(29)13(20)3)11-27-23(21)28-22(16)15-9-25-14(4)26-10-15/h1,6-7,9-11,29H,2-4H3,(H,27,28). The molecule has 0 aliphatic heterocycles. The number of phenolic OH excluding ortho intramolecular Hbond substituents is 1. The first-order chi connectivity index (χ1) is 14.0. The number of benzene rings is 1. The third kappa shape index (κ3) is 2.79. The number of nitrogens with one attached hydrogen (secondary N) is 1. The quantitative estimate of drug-likeness (QED) is 0.509. The van der Waals surface area contributed by atoms with E-state index >= 15 is 0 Å². The smallest absolute Gasteiger partial charge is 0.140 e. The fourth-order valence-electron chi connectivity index (χ4n) is 3.59. The van der Waals surface area contributed by atoms with Crippen LogP contribution in [0.5, 0.6) is 5.75 Å². The van der Waals surface area contributed by atoms with Crippen molar-refractivity contribution >= 4 is 11.0 Å². The van der Waals surface area contributed by atoms with Crippen LogP contribution in [0.2, 0.25) is 0 Å². The second kappa shape index (κ2) is 6.78. The fraction of sp³-hybridized carbons (Fsp3) is 0.130. The maximum Gasteiger partial charge on any atom is 0.140 e. The van der Waals surface area contributed by atoms with Gasteiger partial charge in [0.1, 0.15) is 23.3 Å². The van der Waals surface area contributed by atoms with E-state index in [2.05, 4.69) is 31.9 Å². The van der Waals surface area contributed by atoms with Crippen molar-refractivity contribution in [3.63, 3.8) is 0 Å². The molecule has 0 unspecified atom stereocenters. The highest BCUT2D eigenvalue weighted by Crippen LogP contribution is 2.38. The average Bonchev–Trinajstić information content (AvgIpc) is 3.10. The number of hydrogen-bond donors (Lipinski definition) is 2. The van der Waals surface area contributed by atoms with Crippen molar-refractivity contribution in [2.45, 2.75) is 20.8 Å². The number of fused-ring (bicyclic) bond motifs is 1. The van der Waals surface area contributed by atoms with Crippen LogP contribution in [0.3, 0.4) is 0 Å². The van der Waals surface area contributed by atoms with Crippen molar-refractivity contribution in [3.8, 4) is 46.5 Å². The van der Waals surface area contributed by atoms with Crippen LogP contribution in [-0.4, -0.2) is 25.0 Å². The number of pyridine rings is 1. The second-order valence-corrected chi connectivity index (χ2v) is 6.82. The van der Waals surface area contributed by atoms with Gasteiger partial charge in [-0.3, -0.25) is 0 Å². The minimum Gasteiger partial charge on any atom is -0.508 e. The lowest BCUT2D eigenvalue weighted by atomic mass is 9.91. The monoisotopic (exact) mass is 379 g/mol. The SMILES string of the molecule is C#Cc1c(-c2cnc(C)nc2)[nH]c2ncc(-c3c(C)ccc(O)c3C)c(C#N)c12. The van der Waals surface area contributed by atoms with Gasteiger partial charge in [0.15, 0.2) is 0 Å². The van der Waals surface area contributed by atoms with E-state index < -0.39 is 0 Å². The van der Waals surface area contributed by atoms with Crippen LogP contribution in [0, 0.1) is 44.4 Å². The van der Waals surface area contributed by atoms with Crippen molar-refractivity contribution in [2.75, 3.05) is 0 Å². The lowest BCUT2D eigenvalue weighted by Gasteiger charge is -2.13. The highest BCUT2D eigenvalue weighted by Gasteiger charge is 2.21. The summed E-state index contributed by atoms with van der Waals surface area (Å²) < 4.78 is 0. The Morgan fingerprint density at radius 1 is 1.03 bits per heavy atom. The number of nitriles is 1. The van der Waals surface area contributed by atoms with Gasteiger partial charge in [-0.25, -0.2) is 15.0 Å². The molecule has 1 aromatic carbocycles. The zero-order chi connectivity index (χ0) is 20.7. The van der Waals surface area contributed by atoms with E-state index in [1.165, 1.54) is 0 Å². The molecule has 0 aliphatic carbocycles. The number of hydrogen-bond acceptors (Lipinski definition) is 5. The van der Waals surface area contributed by atoms with Crippen LogP contribution in [0.25, 0.3) is 33.4 Å². The van der Waals surface area contributed by atoms with Crippen LogP contribution in [0.1, 0.15) is 28.1 Å². The molecule has 0 saturated heterocycles. The van der Waals surface area contributed by atoms with Gasteiger partial charge in [0, 0.05) is 29.7 Å². The van der Waals surface area contributed by atoms with Gasteiger partial charge in [-0.05, 0) is 43.5 Å². The summed E-state index contributed by atoms with van der Waals surface area (Å²) >= 11 is 0. The average molecular weight is 379 g/mol. The molecule has 6 heteroatoms. The molecule has 29 heavy (non-hydrogen) atoms. The minimum absolute atomic E-state index is 0.165. The van der Waals surface area contributed by atoms with Crippen molar-refractivity contribution in [1.29, 1.82) is 5.26 Å². The zero-order valence-electron chi connectivity index (χ0n) is 16.2. The largest absolute Gasteiger partial charge is 0.508 e. The van der Waals surface area contributed by atoms with Gasteiger partial charge in [0.25, 0.3) is 0 Å². The molecule has 0 aliphatic rings. The molecule has 0 atom stereocenters. The number of aromatic amines is 1. The number of phenols is 1. The van der Waals surface area contributed by atoms with Crippen LogP contribution >= 0.6 is 0 Å². The van der Waals surface area contributed by atoms with E-state index in [-0.39, 0.29) is 5.75 Å². The summed E-state index contributed by atoms with van der Waals surface area (Å²) in [6.45, 7) is 5.55. The van der Waals surface area contributed by atoms with Crippen molar-refractivity contribution in [2.24, 2.45) is 0 Å². The van der Waals surface area contributed by atoms with E-state index in [1.54, 1.807) is 31.6 Å². The Bertz CT molecular complexity index is 1350. The van der Waals surface area contributed by atoms with Gasteiger partial charge in [-0.15, -0.1) is 6.42 Å². The maximum absolute atomic E-state index is 10.2. The van der Waals surface area contributed by atoms with Crippen molar-refractivity contribution in [3.05, 3.63) is 58.8 Å². The molecule has 0 radical (unpaired) electrons. The first-order valence-electron chi connectivity index (χ1n) is 8.96. The molecule has 0 spiro atoms. The normalized spacial score (nSPS) is 10.7. The maximum atomic E-state index is 10.2. The molecule has 0 fully saturated rings. The highest BCUT2D eigenvalue weighted by molar-refractivity contribution is 5.99. The Morgan fingerprint density at radius 2 is 1.76 bits per heavy atom. The van der Waals surface area contributed by atoms with Gasteiger partial charge in [-0.2, -0.15) is 5.26 Å². The summed E-state index contributed by atoms with van der Waals surface area (Å²) in [5.41, 5.74) is 5.86. The highest BCUT2D eigenvalue weighted by atomic mass is 16.3. The summed E-state index contributed by atoms with van der Waals surface area (Å²) in [5, 5.41) is 20.8. The van der Waals surface area contributed by atoms with Gasteiger partial charge < -0.3 is 10.1 Å². The Hall–Kier alpha value is -4.16. The summed E-state index contributed by atoms with van der Waals surface area (Å²) in [7, 11) is 0.